The topological polar surface area (TPSA) is 47.0 Å². The van der Waals surface area contributed by atoms with Crippen LogP contribution in [0.2, 0.25) is 0 Å². The van der Waals surface area contributed by atoms with Crippen molar-refractivity contribution in [1.82, 2.24) is 9.97 Å². The number of fused-ring (bicyclic) bond motifs is 3. The first kappa shape index (κ1) is 12.8. The number of nitrogens with zero attached hydrogens (tertiary/aromatic N) is 2. The molecule has 2 aromatic heterocycles. The molecule has 102 valence electrons. The van der Waals surface area contributed by atoms with Gasteiger partial charge in [-0.3, -0.25) is 0 Å². The molecule has 0 fully saturated rings. The van der Waals surface area contributed by atoms with Crippen LogP contribution in [-0.2, 0) is 23.2 Å². The summed E-state index contributed by atoms with van der Waals surface area (Å²) in [6, 6.07) is 0. The number of hydrogen-bond acceptors (Lipinski definition) is 5. The molecule has 3 rings (SSSR count). The zero-order valence-corrected chi connectivity index (χ0v) is 12.6. The molecule has 0 aliphatic heterocycles. The maximum absolute atomic E-state index is 5.50. The second-order valence-electron chi connectivity index (χ2n) is 5.40. The van der Waals surface area contributed by atoms with Gasteiger partial charge in [-0.2, -0.15) is 0 Å². The average Bonchev–Trinajstić information content (AvgIpc) is 2.97. The van der Waals surface area contributed by atoms with Crippen LogP contribution in [0.3, 0.4) is 0 Å². The fraction of sp³-hybridized carbons (Fsp3) is 0.571. The predicted molar refractivity (Wildman–Crippen MR) is 79.0 cm³/mol. The molecule has 0 spiro atoms. The first-order valence-corrected chi connectivity index (χ1v) is 7.44. The molecule has 2 aromatic rings. The van der Waals surface area contributed by atoms with Crippen molar-refractivity contribution in [2.24, 2.45) is 0 Å². The highest BCUT2D eigenvalue weighted by molar-refractivity contribution is 7.19. The van der Waals surface area contributed by atoms with Crippen LogP contribution in [0, 0.1) is 0 Å². The Hall–Kier alpha value is -1.20. The van der Waals surface area contributed by atoms with Crippen molar-refractivity contribution in [3.63, 3.8) is 0 Å². The monoisotopic (exact) mass is 277 g/mol. The largest absolute Gasteiger partial charge is 0.372 e. The van der Waals surface area contributed by atoms with E-state index in [1.807, 2.05) is 32.2 Å². The third kappa shape index (κ3) is 1.92. The van der Waals surface area contributed by atoms with E-state index in [1.165, 1.54) is 28.7 Å². The molecular formula is C14H19N3OS. The average molecular weight is 277 g/mol. The van der Waals surface area contributed by atoms with E-state index in [9.17, 15) is 0 Å². The zero-order valence-electron chi connectivity index (χ0n) is 11.8. The molecule has 0 atom stereocenters. The Morgan fingerprint density at radius 1 is 1.26 bits per heavy atom. The predicted octanol–water partition coefficient (Wildman–Crippen LogP) is 3.10. The summed E-state index contributed by atoms with van der Waals surface area (Å²) < 4.78 is 5.50. The van der Waals surface area contributed by atoms with Crippen molar-refractivity contribution in [2.75, 3.05) is 19.5 Å². The molecule has 0 amide bonds. The minimum Gasteiger partial charge on any atom is -0.372 e. The lowest BCUT2D eigenvalue weighted by Crippen LogP contribution is -2.23. The van der Waals surface area contributed by atoms with E-state index in [0.29, 0.717) is 0 Å². The maximum atomic E-state index is 5.50. The van der Waals surface area contributed by atoms with Crippen LogP contribution >= 0.6 is 11.3 Å². The lowest BCUT2D eigenvalue weighted by molar-refractivity contribution is 0.0119. The number of rotatable bonds is 3. The van der Waals surface area contributed by atoms with Gasteiger partial charge in [-0.1, -0.05) is 0 Å². The smallest absolute Gasteiger partial charge is 0.163 e. The molecule has 0 aromatic carbocycles. The van der Waals surface area contributed by atoms with Crippen molar-refractivity contribution in [2.45, 2.75) is 38.7 Å². The summed E-state index contributed by atoms with van der Waals surface area (Å²) in [5.41, 5.74) is 0.986. The Morgan fingerprint density at radius 2 is 2.05 bits per heavy atom. The normalized spacial score (nSPS) is 14.9. The van der Waals surface area contributed by atoms with Crippen molar-refractivity contribution >= 4 is 27.4 Å². The van der Waals surface area contributed by atoms with Crippen molar-refractivity contribution in [1.29, 1.82) is 0 Å². The molecule has 0 saturated heterocycles. The number of aromatic nitrogens is 2. The Labute approximate surface area is 117 Å². The van der Waals surface area contributed by atoms with Crippen molar-refractivity contribution in [3.8, 4) is 0 Å². The third-order valence-corrected chi connectivity index (χ3v) is 5.04. The lowest BCUT2D eigenvalue weighted by Gasteiger charge is -2.21. The molecule has 4 nitrogen and oxygen atoms in total. The second-order valence-corrected chi connectivity index (χ2v) is 6.48. The summed E-state index contributed by atoms with van der Waals surface area (Å²) in [7, 11) is 3.62. The van der Waals surface area contributed by atoms with E-state index in [0.717, 1.165) is 22.9 Å². The summed E-state index contributed by atoms with van der Waals surface area (Å²) in [5.74, 6) is 1.68. The van der Waals surface area contributed by atoms with Gasteiger partial charge in [0, 0.05) is 19.0 Å². The Kier molecular flexibility index (Phi) is 2.98. The van der Waals surface area contributed by atoms with Gasteiger partial charge >= 0.3 is 0 Å². The Balaban J connectivity index is 2.25. The summed E-state index contributed by atoms with van der Waals surface area (Å²) in [6.45, 7) is 3.99. The molecule has 0 bridgehead atoms. The fourth-order valence-corrected chi connectivity index (χ4v) is 3.80. The number of methoxy groups -OCH3 is 1. The van der Waals surface area contributed by atoms with Gasteiger partial charge in [0.2, 0.25) is 0 Å². The third-order valence-electron chi connectivity index (χ3n) is 3.85. The summed E-state index contributed by atoms with van der Waals surface area (Å²) in [6.07, 6.45) is 3.59. The second kappa shape index (κ2) is 4.42. The van der Waals surface area contributed by atoms with Gasteiger partial charge in [-0.05, 0) is 38.7 Å². The summed E-state index contributed by atoms with van der Waals surface area (Å²) in [4.78, 5) is 12.0. The molecule has 1 N–H and O–H groups in total. The van der Waals surface area contributed by atoms with Crippen LogP contribution < -0.4 is 5.32 Å². The highest BCUT2D eigenvalue weighted by Gasteiger charge is 2.27. The molecule has 1 aliphatic carbocycles. The molecule has 0 unspecified atom stereocenters. The molecule has 1 aliphatic rings. The first-order chi connectivity index (χ1) is 9.06. The van der Waals surface area contributed by atoms with Gasteiger partial charge in [0.1, 0.15) is 16.2 Å². The van der Waals surface area contributed by atoms with Crippen LogP contribution in [0.5, 0.6) is 0 Å². The lowest BCUT2D eigenvalue weighted by atomic mass is 10.1. The van der Waals surface area contributed by atoms with Gasteiger partial charge in [0.25, 0.3) is 0 Å². The quantitative estimate of drug-likeness (QED) is 0.936. The number of thiophene rings is 1. The van der Waals surface area contributed by atoms with Crippen molar-refractivity contribution in [3.05, 3.63) is 16.3 Å². The molecule has 0 radical (unpaired) electrons. The Morgan fingerprint density at radius 3 is 2.74 bits per heavy atom. The highest BCUT2D eigenvalue weighted by Crippen LogP contribution is 2.40. The molecule has 19 heavy (non-hydrogen) atoms. The number of nitrogens with one attached hydrogen (secondary N) is 1. The molecule has 5 heteroatoms. The van der Waals surface area contributed by atoms with E-state index in [2.05, 4.69) is 10.3 Å². The van der Waals surface area contributed by atoms with Gasteiger partial charge in [-0.25, -0.2) is 9.97 Å². The molecule has 2 heterocycles. The Bertz CT molecular complexity index is 633. The van der Waals surface area contributed by atoms with E-state index in [1.54, 1.807) is 7.11 Å². The SMILES string of the molecule is CNc1nc(C(C)(C)OC)nc2sc3c(c12)CCC3. The summed E-state index contributed by atoms with van der Waals surface area (Å²) in [5, 5.41) is 4.44. The van der Waals surface area contributed by atoms with E-state index >= 15 is 0 Å². The van der Waals surface area contributed by atoms with Crippen LogP contribution in [0.25, 0.3) is 10.2 Å². The van der Waals surface area contributed by atoms with E-state index in [-0.39, 0.29) is 0 Å². The van der Waals surface area contributed by atoms with Crippen LogP contribution in [0.15, 0.2) is 0 Å². The van der Waals surface area contributed by atoms with Gasteiger partial charge in [0.05, 0.1) is 5.39 Å². The minimum absolute atomic E-state index is 0.464. The van der Waals surface area contributed by atoms with Crippen LogP contribution in [0.4, 0.5) is 5.82 Å². The van der Waals surface area contributed by atoms with Crippen molar-refractivity contribution < 1.29 is 4.74 Å². The standard InChI is InChI=1S/C14H19N3OS/c1-14(2,18-4)13-16-11(15-3)10-8-6-5-7-9(8)19-12(10)17-13/h5-7H2,1-4H3,(H,15,16,17). The van der Waals surface area contributed by atoms with Gasteiger partial charge < -0.3 is 10.1 Å². The van der Waals surface area contributed by atoms with Gasteiger partial charge in [0.15, 0.2) is 5.82 Å². The van der Waals surface area contributed by atoms with E-state index < -0.39 is 5.60 Å². The molecule has 0 saturated carbocycles. The maximum Gasteiger partial charge on any atom is 0.163 e. The number of aryl methyl sites for hydroxylation is 2. The van der Waals surface area contributed by atoms with Crippen LogP contribution in [-0.4, -0.2) is 24.1 Å². The molecular weight excluding hydrogens is 258 g/mol. The van der Waals surface area contributed by atoms with Crippen LogP contribution in [0.1, 0.15) is 36.5 Å². The van der Waals surface area contributed by atoms with E-state index in [4.69, 9.17) is 9.72 Å². The zero-order chi connectivity index (χ0) is 13.6. The fourth-order valence-electron chi connectivity index (χ4n) is 2.54. The first-order valence-electron chi connectivity index (χ1n) is 6.62. The number of hydrogen-bond donors (Lipinski definition) is 1. The number of anilines is 1. The minimum atomic E-state index is -0.464. The van der Waals surface area contributed by atoms with Gasteiger partial charge in [-0.15, -0.1) is 11.3 Å². The number of ether oxygens (including phenoxy) is 1. The highest BCUT2D eigenvalue weighted by atomic mass is 32.1. The summed E-state index contributed by atoms with van der Waals surface area (Å²) >= 11 is 1.81.